The molecule has 36 heavy (non-hydrogen) atoms. The maximum absolute atomic E-state index is 13.7. The van der Waals surface area contributed by atoms with Crippen LogP contribution in [0.25, 0.3) is 0 Å². The van der Waals surface area contributed by atoms with Crippen LogP contribution in [0.5, 0.6) is 0 Å². The van der Waals surface area contributed by atoms with Crippen LogP contribution in [0.1, 0.15) is 16.7 Å². The number of aromatic nitrogens is 1. The third-order valence-corrected chi connectivity index (χ3v) is 7.18. The lowest BCUT2D eigenvalue weighted by atomic mass is 9.95. The minimum absolute atomic E-state index is 0.0600. The molecule has 1 fully saturated rings. The maximum atomic E-state index is 13.7. The van der Waals surface area contributed by atoms with Gasteiger partial charge in [-0.25, -0.2) is 4.98 Å². The molecule has 1 saturated heterocycles. The number of nitrogens with zero attached hydrogens (tertiary/aromatic N) is 3. The van der Waals surface area contributed by atoms with Gasteiger partial charge in [0.1, 0.15) is 11.9 Å². The van der Waals surface area contributed by atoms with Crippen LogP contribution < -0.4 is 15.5 Å². The molecular weight excluding hydrogens is 474 g/mol. The summed E-state index contributed by atoms with van der Waals surface area (Å²) >= 11 is 6.06. The van der Waals surface area contributed by atoms with E-state index in [0.29, 0.717) is 50.6 Å². The number of carbonyl (C=O) groups is 2. The normalized spacial score (nSPS) is 18.3. The summed E-state index contributed by atoms with van der Waals surface area (Å²) in [4.78, 5) is 35.4. The lowest BCUT2D eigenvalue weighted by Gasteiger charge is -2.37. The van der Waals surface area contributed by atoms with Gasteiger partial charge in [-0.15, -0.1) is 0 Å². The summed E-state index contributed by atoms with van der Waals surface area (Å²) in [6, 6.07) is 20.4. The lowest BCUT2D eigenvalue weighted by molar-refractivity contribution is -0.137. The summed E-state index contributed by atoms with van der Waals surface area (Å²) in [6.07, 6.45) is 2.79. The first-order valence-corrected chi connectivity index (χ1v) is 12.7. The zero-order valence-electron chi connectivity index (χ0n) is 20.1. The van der Waals surface area contributed by atoms with Crippen LogP contribution in [-0.4, -0.2) is 60.0 Å². The van der Waals surface area contributed by atoms with E-state index in [1.165, 1.54) is 11.1 Å². The van der Waals surface area contributed by atoms with Gasteiger partial charge >= 0.3 is 0 Å². The molecule has 2 N–H and O–H groups in total. The number of fused-ring (bicyclic) bond motifs is 1. The van der Waals surface area contributed by atoms with Gasteiger partial charge < -0.3 is 20.4 Å². The minimum Gasteiger partial charge on any atom is -0.353 e. The predicted octanol–water partition coefficient (Wildman–Crippen LogP) is 2.83. The van der Waals surface area contributed by atoms with Crippen molar-refractivity contribution in [3.63, 3.8) is 0 Å². The van der Waals surface area contributed by atoms with Crippen molar-refractivity contribution in [1.29, 1.82) is 0 Å². The van der Waals surface area contributed by atoms with Crippen LogP contribution in [0.2, 0.25) is 5.02 Å². The predicted molar refractivity (Wildman–Crippen MR) is 141 cm³/mol. The van der Waals surface area contributed by atoms with Crippen molar-refractivity contribution in [2.24, 2.45) is 0 Å². The first-order valence-electron chi connectivity index (χ1n) is 12.4. The molecule has 2 aliphatic rings. The van der Waals surface area contributed by atoms with Crippen LogP contribution in [0, 0.1) is 0 Å². The van der Waals surface area contributed by atoms with Gasteiger partial charge in [0.15, 0.2) is 0 Å². The van der Waals surface area contributed by atoms with E-state index in [1.54, 1.807) is 6.20 Å². The van der Waals surface area contributed by atoms with E-state index < -0.39 is 6.04 Å². The molecule has 3 heterocycles. The Kier molecular flexibility index (Phi) is 7.49. The van der Waals surface area contributed by atoms with Crippen molar-refractivity contribution >= 4 is 29.2 Å². The van der Waals surface area contributed by atoms with E-state index in [0.717, 1.165) is 11.4 Å². The molecule has 2 aromatic carbocycles. The quantitative estimate of drug-likeness (QED) is 0.541. The van der Waals surface area contributed by atoms with Crippen LogP contribution in [0.4, 0.5) is 5.82 Å². The third kappa shape index (κ3) is 5.69. The highest BCUT2D eigenvalue weighted by atomic mass is 35.5. The van der Waals surface area contributed by atoms with Crippen molar-refractivity contribution in [3.05, 3.63) is 94.6 Å². The standard InChI is InChI=1S/C28H30ClN5O2/c29-23-10-8-20(9-11-23)17-25(32-27(35)24-18-21-5-1-2-6-22(21)19-31-24)28(36)34-15-13-33(14-16-34)26-7-3-4-12-30-26/h1-12,24-25,31H,13-19H2,(H,32,35)/t24-,25+/m0/s1. The SMILES string of the molecule is O=C(N[C@H](Cc1ccc(Cl)cc1)C(=O)N1CCN(c2ccccn2)CC1)[C@@H]1Cc2ccccc2CN1. The van der Waals surface area contributed by atoms with Crippen LogP contribution >= 0.6 is 11.6 Å². The number of nitrogens with one attached hydrogen (secondary N) is 2. The number of piperazine rings is 1. The van der Waals surface area contributed by atoms with Crippen molar-refractivity contribution in [3.8, 4) is 0 Å². The minimum atomic E-state index is -0.654. The van der Waals surface area contributed by atoms with E-state index in [2.05, 4.69) is 32.7 Å². The Bertz CT molecular complexity index is 1200. The van der Waals surface area contributed by atoms with Crippen LogP contribution in [0.15, 0.2) is 72.9 Å². The fourth-order valence-electron chi connectivity index (χ4n) is 4.89. The fraction of sp³-hybridized carbons (Fsp3) is 0.321. The average Bonchev–Trinajstić information content (AvgIpc) is 2.93. The number of anilines is 1. The molecule has 0 aliphatic carbocycles. The summed E-state index contributed by atoms with van der Waals surface area (Å²) < 4.78 is 0. The van der Waals surface area contributed by atoms with E-state index in [4.69, 9.17) is 11.6 Å². The van der Waals surface area contributed by atoms with E-state index in [9.17, 15) is 9.59 Å². The van der Waals surface area contributed by atoms with Gasteiger partial charge in [0.2, 0.25) is 11.8 Å². The molecule has 2 amide bonds. The van der Waals surface area contributed by atoms with Crippen molar-refractivity contribution in [2.75, 3.05) is 31.1 Å². The van der Waals surface area contributed by atoms with Gasteiger partial charge in [-0.05, 0) is 47.4 Å². The second kappa shape index (κ2) is 11.1. The van der Waals surface area contributed by atoms with Gasteiger partial charge in [0.05, 0.1) is 6.04 Å². The fourth-order valence-corrected chi connectivity index (χ4v) is 5.01. The van der Waals surface area contributed by atoms with E-state index in [-0.39, 0.29) is 17.9 Å². The zero-order chi connectivity index (χ0) is 24.9. The third-order valence-electron chi connectivity index (χ3n) is 6.93. The topological polar surface area (TPSA) is 77.6 Å². The largest absolute Gasteiger partial charge is 0.353 e. The number of rotatable bonds is 6. The summed E-state index contributed by atoms with van der Waals surface area (Å²) in [6.45, 7) is 3.20. The van der Waals surface area contributed by atoms with Gasteiger partial charge in [-0.3, -0.25) is 9.59 Å². The van der Waals surface area contributed by atoms with Crippen molar-refractivity contribution < 1.29 is 9.59 Å². The van der Waals surface area contributed by atoms with E-state index >= 15 is 0 Å². The number of hydrogen-bond acceptors (Lipinski definition) is 5. The lowest BCUT2D eigenvalue weighted by Crippen LogP contribution is -2.58. The van der Waals surface area contributed by atoms with Gasteiger partial charge in [-0.1, -0.05) is 54.1 Å². The molecule has 7 nitrogen and oxygen atoms in total. The maximum Gasteiger partial charge on any atom is 0.245 e. The molecule has 8 heteroatoms. The first-order chi connectivity index (χ1) is 17.6. The second-order valence-corrected chi connectivity index (χ2v) is 9.73. The summed E-state index contributed by atoms with van der Waals surface area (Å²) in [5.74, 6) is 0.707. The Labute approximate surface area is 216 Å². The van der Waals surface area contributed by atoms with Crippen molar-refractivity contribution in [1.82, 2.24) is 20.5 Å². The molecule has 2 atom stereocenters. The number of carbonyl (C=O) groups excluding carboxylic acids is 2. The number of pyridine rings is 1. The Hall–Kier alpha value is -3.42. The Morgan fingerprint density at radius 2 is 1.69 bits per heavy atom. The molecule has 1 aromatic heterocycles. The van der Waals surface area contributed by atoms with E-state index in [1.807, 2.05) is 59.5 Å². The molecule has 0 spiro atoms. The summed E-state index contributed by atoms with van der Waals surface area (Å²) in [5, 5.41) is 7.04. The molecule has 2 aliphatic heterocycles. The molecule has 0 saturated carbocycles. The number of hydrogen-bond donors (Lipinski definition) is 2. The Morgan fingerprint density at radius 3 is 2.42 bits per heavy atom. The smallest absolute Gasteiger partial charge is 0.245 e. The number of amides is 2. The molecule has 5 rings (SSSR count). The molecule has 0 radical (unpaired) electrons. The zero-order valence-corrected chi connectivity index (χ0v) is 20.8. The van der Waals surface area contributed by atoms with Crippen molar-refractivity contribution in [2.45, 2.75) is 31.5 Å². The van der Waals surface area contributed by atoms with Crippen LogP contribution in [0.3, 0.4) is 0 Å². The van der Waals surface area contributed by atoms with Crippen LogP contribution in [-0.2, 0) is 29.0 Å². The summed E-state index contributed by atoms with van der Waals surface area (Å²) in [7, 11) is 0. The summed E-state index contributed by atoms with van der Waals surface area (Å²) in [5.41, 5.74) is 3.33. The molecule has 186 valence electrons. The molecule has 0 unspecified atom stereocenters. The second-order valence-electron chi connectivity index (χ2n) is 9.30. The van der Waals surface area contributed by atoms with Gasteiger partial charge in [-0.2, -0.15) is 0 Å². The molecule has 0 bridgehead atoms. The average molecular weight is 504 g/mol. The highest BCUT2D eigenvalue weighted by Crippen LogP contribution is 2.18. The van der Waals surface area contributed by atoms with Gasteiger partial charge in [0, 0.05) is 50.4 Å². The monoisotopic (exact) mass is 503 g/mol. The molecule has 3 aromatic rings. The first kappa shape index (κ1) is 24.3. The Balaban J connectivity index is 1.27. The highest BCUT2D eigenvalue weighted by molar-refractivity contribution is 6.30. The number of halogens is 1. The highest BCUT2D eigenvalue weighted by Gasteiger charge is 2.32. The molecular formula is C28H30ClN5O2. The Morgan fingerprint density at radius 1 is 0.972 bits per heavy atom. The number of benzene rings is 2. The van der Waals surface area contributed by atoms with Gasteiger partial charge in [0.25, 0.3) is 0 Å².